The minimum absolute atomic E-state index is 0.192. The lowest BCUT2D eigenvalue weighted by Crippen LogP contribution is -2.39. The Morgan fingerprint density at radius 1 is 1.29 bits per heavy atom. The van der Waals surface area contributed by atoms with Gasteiger partial charge in [-0.3, -0.25) is 4.79 Å². The van der Waals surface area contributed by atoms with Gasteiger partial charge in [-0.1, -0.05) is 6.92 Å². The summed E-state index contributed by atoms with van der Waals surface area (Å²) < 4.78 is 47.5. The molecule has 1 saturated heterocycles. The minimum Gasteiger partial charge on any atom is -0.338 e. The molecule has 1 heterocycles. The molecule has 116 valence electrons. The van der Waals surface area contributed by atoms with E-state index >= 15 is 0 Å². The molecular formula is C14H17F2NO3S. The first-order valence-corrected chi connectivity index (χ1v) is 8.28. The normalized spacial score (nSPS) is 19.8. The van der Waals surface area contributed by atoms with E-state index in [1.807, 2.05) is 0 Å². The zero-order valence-corrected chi connectivity index (χ0v) is 12.4. The number of amides is 1. The lowest BCUT2D eigenvalue weighted by Gasteiger charge is -2.31. The molecule has 1 unspecified atom stereocenters. The van der Waals surface area contributed by atoms with Crippen molar-refractivity contribution < 1.29 is 22.0 Å². The van der Waals surface area contributed by atoms with E-state index in [1.54, 1.807) is 4.90 Å². The van der Waals surface area contributed by atoms with Crippen LogP contribution in [0.4, 0.5) is 8.78 Å². The summed E-state index contributed by atoms with van der Waals surface area (Å²) in [5.74, 6) is -3.22. The maximum absolute atomic E-state index is 12.4. The highest BCUT2D eigenvalue weighted by atomic mass is 32.2. The van der Waals surface area contributed by atoms with Gasteiger partial charge in [-0.2, -0.15) is 8.78 Å². The summed E-state index contributed by atoms with van der Waals surface area (Å²) in [7, 11) is -4.61. The van der Waals surface area contributed by atoms with Crippen LogP contribution in [0.15, 0.2) is 29.2 Å². The van der Waals surface area contributed by atoms with E-state index in [9.17, 15) is 22.0 Å². The molecule has 21 heavy (non-hydrogen) atoms. The van der Waals surface area contributed by atoms with Crippen molar-refractivity contribution in [1.29, 1.82) is 0 Å². The number of hydrogen-bond donors (Lipinski definition) is 0. The van der Waals surface area contributed by atoms with Crippen molar-refractivity contribution in [3.8, 4) is 0 Å². The Hall–Kier alpha value is -1.50. The Kier molecular flexibility index (Phi) is 4.61. The zero-order chi connectivity index (χ0) is 15.6. The van der Waals surface area contributed by atoms with Crippen molar-refractivity contribution in [2.24, 2.45) is 5.92 Å². The SMILES string of the molecule is CC1CCCN(C(=O)c2ccc(S(=O)(=O)C(F)F)cc2)C1. The fraction of sp³-hybridized carbons (Fsp3) is 0.500. The molecule has 0 aromatic heterocycles. The Morgan fingerprint density at radius 3 is 2.43 bits per heavy atom. The van der Waals surface area contributed by atoms with Crippen molar-refractivity contribution in [2.75, 3.05) is 13.1 Å². The Labute approximate surface area is 122 Å². The molecule has 4 nitrogen and oxygen atoms in total. The van der Waals surface area contributed by atoms with Crippen LogP contribution in [0.2, 0.25) is 0 Å². The van der Waals surface area contributed by atoms with Crippen LogP contribution >= 0.6 is 0 Å². The van der Waals surface area contributed by atoms with E-state index < -0.39 is 20.5 Å². The summed E-state index contributed by atoms with van der Waals surface area (Å²) in [6, 6.07) is 4.69. The molecule has 1 aromatic carbocycles. The molecule has 0 aliphatic carbocycles. The highest BCUT2D eigenvalue weighted by Gasteiger charge is 2.27. The topological polar surface area (TPSA) is 54.5 Å². The maximum atomic E-state index is 12.4. The number of hydrogen-bond acceptors (Lipinski definition) is 3. The number of alkyl halides is 2. The summed E-state index contributed by atoms with van der Waals surface area (Å²) in [5.41, 5.74) is 0.317. The number of carbonyl (C=O) groups is 1. The highest BCUT2D eigenvalue weighted by Crippen LogP contribution is 2.21. The fourth-order valence-electron chi connectivity index (χ4n) is 2.45. The standard InChI is InChI=1S/C14H17F2NO3S/c1-10-3-2-8-17(9-10)13(18)11-4-6-12(7-5-11)21(19,20)14(15)16/h4-7,10,14H,2-3,8-9H2,1H3. The van der Waals surface area contributed by atoms with E-state index in [2.05, 4.69) is 6.92 Å². The summed E-state index contributed by atoms with van der Waals surface area (Å²) in [6.07, 6.45) is 2.01. The minimum atomic E-state index is -4.61. The van der Waals surface area contributed by atoms with Crippen molar-refractivity contribution >= 4 is 15.7 Å². The van der Waals surface area contributed by atoms with Crippen LogP contribution in [0.1, 0.15) is 30.1 Å². The van der Waals surface area contributed by atoms with Crippen LogP contribution in [-0.2, 0) is 9.84 Å². The lowest BCUT2D eigenvalue weighted by molar-refractivity contribution is 0.0683. The zero-order valence-electron chi connectivity index (χ0n) is 11.6. The second-order valence-electron chi connectivity index (χ2n) is 5.33. The average molecular weight is 317 g/mol. The van der Waals surface area contributed by atoms with Gasteiger partial charge in [-0.05, 0) is 43.0 Å². The largest absolute Gasteiger partial charge is 0.341 e. The van der Waals surface area contributed by atoms with Gasteiger partial charge in [0.2, 0.25) is 9.84 Å². The Balaban J connectivity index is 2.17. The van der Waals surface area contributed by atoms with E-state index in [4.69, 9.17) is 0 Å². The molecule has 7 heteroatoms. The van der Waals surface area contributed by atoms with Crippen LogP contribution in [0.5, 0.6) is 0 Å². The van der Waals surface area contributed by atoms with Gasteiger partial charge in [0.1, 0.15) is 0 Å². The molecule has 1 aliphatic heterocycles. The lowest BCUT2D eigenvalue weighted by atomic mass is 9.99. The third-order valence-electron chi connectivity index (χ3n) is 3.61. The van der Waals surface area contributed by atoms with Crippen molar-refractivity contribution in [1.82, 2.24) is 4.90 Å². The van der Waals surface area contributed by atoms with Gasteiger partial charge in [0.25, 0.3) is 5.91 Å². The van der Waals surface area contributed by atoms with Crippen LogP contribution in [0.3, 0.4) is 0 Å². The number of rotatable bonds is 3. The Bertz CT molecular complexity index is 614. The number of likely N-dealkylation sites (tertiary alicyclic amines) is 1. The second-order valence-corrected chi connectivity index (χ2v) is 7.25. The van der Waals surface area contributed by atoms with E-state index in [1.165, 1.54) is 12.1 Å². The number of nitrogens with zero attached hydrogens (tertiary/aromatic N) is 1. The number of halogens is 2. The highest BCUT2D eigenvalue weighted by molar-refractivity contribution is 7.91. The van der Waals surface area contributed by atoms with Crippen molar-refractivity contribution in [2.45, 2.75) is 30.4 Å². The third kappa shape index (κ3) is 3.40. The van der Waals surface area contributed by atoms with E-state index in [-0.39, 0.29) is 5.91 Å². The predicted molar refractivity (Wildman–Crippen MR) is 73.9 cm³/mol. The number of benzene rings is 1. The average Bonchev–Trinajstić information content (AvgIpc) is 2.46. The molecule has 1 atom stereocenters. The van der Waals surface area contributed by atoms with Gasteiger partial charge < -0.3 is 4.90 Å². The van der Waals surface area contributed by atoms with Crippen molar-refractivity contribution in [3.63, 3.8) is 0 Å². The quantitative estimate of drug-likeness (QED) is 0.861. The summed E-state index contributed by atoms with van der Waals surface area (Å²) in [5, 5.41) is 0. The van der Waals surface area contributed by atoms with Gasteiger partial charge >= 0.3 is 5.76 Å². The number of carbonyl (C=O) groups excluding carboxylic acids is 1. The molecule has 1 aliphatic rings. The first-order chi connectivity index (χ1) is 9.82. The summed E-state index contributed by atoms with van der Waals surface area (Å²) in [4.78, 5) is 13.5. The predicted octanol–water partition coefficient (Wildman–Crippen LogP) is 2.56. The maximum Gasteiger partial charge on any atom is 0.341 e. The number of sulfone groups is 1. The third-order valence-corrected chi connectivity index (χ3v) is 5.01. The molecule has 2 rings (SSSR count). The first-order valence-electron chi connectivity index (χ1n) is 6.73. The molecule has 0 saturated carbocycles. The summed E-state index contributed by atoms with van der Waals surface area (Å²) >= 11 is 0. The molecule has 0 N–H and O–H groups in total. The molecule has 0 spiro atoms. The van der Waals surface area contributed by atoms with Crippen LogP contribution < -0.4 is 0 Å². The van der Waals surface area contributed by atoms with Gasteiger partial charge in [-0.15, -0.1) is 0 Å². The molecule has 1 amide bonds. The van der Waals surface area contributed by atoms with Gasteiger partial charge in [0.15, 0.2) is 0 Å². The first kappa shape index (κ1) is 15.9. The summed E-state index contributed by atoms with van der Waals surface area (Å²) in [6.45, 7) is 3.40. The second kappa shape index (κ2) is 6.09. The van der Waals surface area contributed by atoms with Gasteiger partial charge in [0.05, 0.1) is 4.90 Å². The Morgan fingerprint density at radius 2 is 1.90 bits per heavy atom. The van der Waals surface area contributed by atoms with Crippen LogP contribution in [0, 0.1) is 5.92 Å². The molecule has 1 aromatic rings. The smallest absolute Gasteiger partial charge is 0.338 e. The molecule has 1 fully saturated rings. The van der Waals surface area contributed by atoms with Crippen molar-refractivity contribution in [3.05, 3.63) is 29.8 Å². The fourth-order valence-corrected chi connectivity index (χ4v) is 3.17. The molecule has 0 radical (unpaired) electrons. The molecule has 0 bridgehead atoms. The monoisotopic (exact) mass is 317 g/mol. The van der Waals surface area contributed by atoms with Crippen LogP contribution in [-0.4, -0.2) is 38.1 Å². The molecular weight excluding hydrogens is 300 g/mol. The van der Waals surface area contributed by atoms with E-state index in [0.29, 0.717) is 24.6 Å². The number of piperidine rings is 1. The van der Waals surface area contributed by atoms with E-state index in [0.717, 1.165) is 25.0 Å². The van der Waals surface area contributed by atoms with Crippen LogP contribution in [0.25, 0.3) is 0 Å². The van der Waals surface area contributed by atoms with Gasteiger partial charge in [-0.25, -0.2) is 8.42 Å². The van der Waals surface area contributed by atoms with Gasteiger partial charge in [0, 0.05) is 18.7 Å².